The van der Waals surface area contributed by atoms with Gasteiger partial charge >= 0.3 is 6.03 Å². The van der Waals surface area contributed by atoms with Crippen molar-refractivity contribution in [2.24, 2.45) is 7.05 Å². The summed E-state index contributed by atoms with van der Waals surface area (Å²) in [6.07, 6.45) is 2.74. The zero-order chi connectivity index (χ0) is 16.8. The Morgan fingerprint density at radius 1 is 1.43 bits per heavy atom. The Hall–Kier alpha value is -2.02. The largest absolute Gasteiger partial charge is 0.331 e. The first kappa shape index (κ1) is 17.3. The summed E-state index contributed by atoms with van der Waals surface area (Å²) in [5, 5.41) is 13.9. The van der Waals surface area contributed by atoms with Gasteiger partial charge in [0.2, 0.25) is 0 Å². The first-order valence-corrected chi connectivity index (χ1v) is 8.52. The minimum absolute atomic E-state index is 0.251. The van der Waals surface area contributed by atoms with Gasteiger partial charge in [-0.25, -0.2) is 4.79 Å². The van der Waals surface area contributed by atoms with Crippen molar-refractivity contribution in [2.45, 2.75) is 43.9 Å². The first-order chi connectivity index (χ1) is 11.0. The van der Waals surface area contributed by atoms with Crippen molar-refractivity contribution >= 4 is 23.5 Å². The van der Waals surface area contributed by atoms with Crippen molar-refractivity contribution in [1.29, 1.82) is 0 Å². The number of carbonyl (C=O) groups is 1. The Labute approximate surface area is 141 Å². The molecule has 0 radical (unpaired) electrons. The monoisotopic (exact) mass is 333 g/mol. The van der Waals surface area contributed by atoms with Crippen molar-refractivity contribution in [3.05, 3.63) is 35.9 Å². The number of hydrogen-bond donors (Lipinski definition) is 2. The third kappa shape index (κ3) is 4.99. The number of hydrogen-bond acceptors (Lipinski definition) is 4. The number of anilines is 1. The fraction of sp³-hybridized carbons (Fsp3) is 0.438. The van der Waals surface area contributed by atoms with E-state index in [9.17, 15) is 4.79 Å². The fourth-order valence-corrected chi connectivity index (χ4v) is 2.98. The lowest BCUT2D eigenvalue weighted by Gasteiger charge is -2.13. The maximum atomic E-state index is 12.0. The van der Waals surface area contributed by atoms with Gasteiger partial charge in [0.25, 0.3) is 0 Å². The van der Waals surface area contributed by atoms with Crippen LogP contribution in [0.3, 0.4) is 0 Å². The van der Waals surface area contributed by atoms with Crippen molar-refractivity contribution in [2.75, 3.05) is 5.32 Å². The van der Waals surface area contributed by atoms with Crippen LogP contribution in [-0.2, 0) is 13.6 Å². The second kappa shape index (κ2) is 8.01. The van der Waals surface area contributed by atoms with Crippen LogP contribution in [0.4, 0.5) is 10.5 Å². The Morgan fingerprint density at radius 2 is 2.22 bits per heavy atom. The Bertz CT molecular complexity index is 670. The molecule has 0 spiro atoms. The minimum atomic E-state index is -0.251. The lowest BCUT2D eigenvalue weighted by molar-refractivity contribution is 0.251. The molecule has 2 aromatic rings. The van der Waals surface area contributed by atoms with E-state index >= 15 is 0 Å². The van der Waals surface area contributed by atoms with Gasteiger partial charge in [-0.1, -0.05) is 13.8 Å². The number of amides is 2. The summed E-state index contributed by atoms with van der Waals surface area (Å²) >= 11 is 1.85. The summed E-state index contributed by atoms with van der Waals surface area (Å²) in [5.41, 5.74) is 1.86. The third-order valence-electron chi connectivity index (χ3n) is 3.57. The Kier molecular flexibility index (Phi) is 6.04. The molecule has 1 unspecified atom stereocenters. The number of aromatic nitrogens is 3. The minimum Gasteiger partial charge on any atom is -0.331 e. The second-order valence-electron chi connectivity index (χ2n) is 5.48. The molecule has 7 heteroatoms. The van der Waals surface area contributed by atoms with Gasteiger partial charge in [-0.3, -0.25) is 0 Å². The Balaban J connectivity index is 1.91. The molecule has 2 amide bonds. The van der Waals surface area contributed by atoms with Gasteiger partial charge in [-0.2, -0.15) is 0 Å². The topological polar surface area (TPSA) is 71.8 Å². The van der Waals surface area contributed by atoms with Crippen LogP contribution in [0.25, 0.3) is 0 Å². The quantitative estimate of drug-likeness (QED) is 0.795. The average molecular weight is 333 g/mol. The van der Waals surface area contributed by atoms with E-state index in [1.807, 2.05) is 37.9 Å². The van der Waals surface area contributed by atoms with Crippen LogP contribution in [0.2, 0.25) is 0 Å². The van der Waals surface area contributed by atoms with Gasteiger partial charge in [0.15, 0.2) is 5.82 Å². The average Bonchev–Trinajstić information content (AvgIpc) is 2.93. The molecule has 0 aliphatic heterocycles. The van der Waals surface area contributed by atoms with Gasteiger partial charge in [-0.05, 0) is 37.1 Å². The molecule has 2 rings (SSSR count). The number of nitrogens with zero attached hydrogens (tertiary/aromatic N) is 3. The number of benzene rings is 1. The molecule has 0 aliphatic rings. The maximum Gasteiger partial charge on any atom is 0.319 e. The number of nitrogens with one attached hydrogen (secondary N) is 2. The predicted octanol–water partition coefficient (Wildman–Crippen LogP) is 3.34. The molecule has 1 heterocycles. The smallest absolute Gasteiger partial charge is 0.319 e. The highest BCUT2D eigenvalue weighted by Gasteiger charge is 2.08. The summed E-state index contributed by atoms with van der Waals surface area (Å²) in [5.74, 6) is 0.706. The zero-order valence-electron chi connectivity index (χ0n) is 14.0. The van der Waals surface area contributed by atoms with Crippen LogP contribution in [0.5, 0.6) is 0 Å². The van der Waals surface area contributed by atoms with E-state index in [2.05, 4.69) is 40.7 Å². The van der Waals surface area contributed by atoms with Crippen LogP contribution >= 0.6 is 11.8 Å². The van der Waals surface area contributed by atoms with E-state index in [1.165, 1.54) is 4.90 Å². The van der Waals surface area contributed by atoms with E-state index < -0.39 is 0 Å². The number of urea groups is 1. The van der Waals surface area contributed by atoms with Gasteiger partial charge in [-0.15, -0.1) is 22.0 Å². The molecular formula is C16H23N5OS. The molecule has 0 aliphatic carbocycles. The van der Waals surface area contributed by atoms with Crippen LogP contribution in [0.1, 0.15) is 31.7 Å². The number of carbonyl (C=O) groups excluding carboxylic acids is 1. The molecule has 2 N–H and O–H groups in total. The lowest BCUT2D eigenvalue weighted by Crippen LogP contribution is -2.29. The van der Waals surface area contributed by atoms with Crippen LogP contribution in [-0.4, -0.2) is 26.0 Å². The normalized spacial score (nSPS) is 12.0. The summed E-state index contributed by atoms with van der Waals surface area (Å²) in [6.45, 7) is 6.73. The van der Waals surface area contributed by atoms with Gasteiger partial charge in [0.05, 0.1) is 6.54 Å². The van der Waals surface area contributed by atoms with E-state index in [4.69, 9.17) is 0 Å². The lowest BCUT2D eigenvalue weighted by atomic mass is 10.2. The molecule has 1 atom stereocenters. The van der Waals surface area contributed by atoms with Gasteiger partial charge in [0, 0.05) is 22.9 Å². The fourth-order valence-electron chi connectivity index (χ4n) is 1.96. The summed E-state index contributed by atoms with van der Waals surface area (Å²) < 4.78 is 1.77. The molecule has 23 heavy (non-hydrogen) atoms. The van der Waals surface area contributed by atoms with E-state index in [0.717, 1.165) is 17.7 Å². The molecular weight excluding hydrogens is 310 g/mol. The van der Waals surface area contributed by atoms with Crippen molar-refractivity contribution < 1.29 is 4.79 Å². The molecule has 0 saturated heterocycles. The molecule has 0 bridgehead atoms. The second-order valence-corrected chi connectivity index (χ2v) is 6.99. The van der Waals surface area contributed by atoms with E-state index in [-0.39, 0.29) is 6.03 Å². The standard InChI is InChI=1S/C16H23N5OS/c1-5-12(3)23-13-6-7-14(11(2)8-13)19-16(22)17-9-15-20-18-10-21(15)4/h6-8,10,12H,5,9H2,1-4H3,(H2,17,19,22). The maximum absolute atomic E-state index is 12.0. The van der Waals surface area contributed by atoms with Crippen LogP contribution in [0.15, 0.2) is 29.4 Å². The molecule has 124 valence electrons. The van der Waals surface area contributed by atoms with Crippen molar-refractivity contribution in [1.82, 2.24) is 20.1 Å². The van der Waals surface area contributed by atoms with E-state index in [1.54, 1.807) is 10.9 Å². The summed E-state index contributed by atoms with van der Waals surface area (Å²) in [7, 11) is 1.84. The highest BCUT2D eigenvalue weighted by Crippen LogP contribution is 2.28. The summed E-state index contributed by atoms with van der Waals surface area (Å²) in [6, 6.07) is 5.84. The van der Waals surface area contributed by atoms with Gasteiger partial charge < -0.3 is 15.2 Å². The molecule has 0 fully saturated rings. The Morgan fingerprint density at radius 3 is 2.83 bits per heavy atom. The van der Waals surface area contributed by atoms with Crippen molar-refractivity contribution in [3.8, 4) is 0 Å². The van der Waals surface area contributed by atoms with Gasteiger partial charge in [0.1, 0.15) is 6.33 Å². The van der Waals surface area contributed by atoms with Crippen LogP contribution < -0.4 is 10.6 Å². The molecule has 6 nitrogen and oxygen atoms in total. The number of aryl methyl sites for hydroxylation is 2. The highest BCUT2D eigenvalue weighted by atomic mass is 32.2. The SMILES string of the molecule is CCC(C)Sc1ccc(NC(=O)NCc2nncn2C)c(C)c1. The predicted molar refractivity (Wildman–Crippen MR) is 93.7 cm³/mol. The third-order valence-corrected chi connectivity index (χ3v) is 4.83. The molecule has 1 aromatic heterocycles. The molecule has 0 saturated carbocycles. The van der Waals surface area contributed by atoms with E-state index in [0.29, 0.717) is 17.6 Å². The molecule has 1 aromatic carbocycles. The zero-order valence-corrected chi connectivity index (χ0v) is 14.8. The van der Waals surface area contributed by atoms with Crippen LogP contribution in [0, 0.1) is 6.92 Å². The number of thioether (sulfide) groups is 1. The highest BCUT2D eigenvalue weighted by molar-refractivity contribution is 7.99. The van der Waals surface area contributed by atoms with Crippen molar-refractivity contribution in [3.63, 3.8) is 0 Å². The first-order valence-electron chi connectivity index (χ1n) is 7.64. The summed E-state index contributed by atoms with van der Waals surface area (Å²) in [4.78, 5) is 13.2. The number of rotatable bonds is 6.